The predicted molar refractivity (Wildman–Crippen MR) is 62.2 cm³/mol. The molecule has 5 heteroatoms. The molecule has 0 saturated heterocycles. The lowest BCUT2D eigenvalue weighted by molar-refractivity contribution is -0.122. The molecule has 4 N–H and O–H groups in total. The summed E-state index contributed by atoms with van der Waals surface area (Å²) in [5.74, 6) is -0.0142. The average molecular weight is 227 g/mol. The summed E-state index contributed by atoms with van der Waals surface area (Å²) in [5.41, 5.74) is 5.35. The van der Waals surface area contributed by atoms with Crippen molar-refractivity contribution in [2.45, 2.75) is 39.0 Å². The monoisotopic (exact) mass is 227 g/mol. The van der Waals surface area contributed by atoms with E-state index in [9.17, 15) is 4.79 Å². The summed E-state index contributed by atoms with van der Waals surface area (Å²) < 4.78 is 0. The molecular formula is C11H21N3O2. The van der Waals surface area contributed by atoms with Crippen molar-refractivity contribution < 1.29 is 10.0 Å². The first-order chi connectivity index (χ1) is 7.65. The minimum Gasteiger partial charge on any atom is -0.409 e. The molecular weight excluding hydrogens is 206 g/mol. The molecule has 1 rings (SSSR count). The van der Waals surface area contributed by atoms with Crippen LogP contribution in [-0.2, 0) is 4.79 Å². The first-order valence-corrected chi connectivity index (χ1v) is 5.90. The third kappa shape index (κ3) is 3.72. The summed E-state index contributed by atoms with van der Waals surface area (Å²) in [5, 5.41) is 14.1. The molecule has 0 bridgehead atoms. The van der Waals surface area contributed by atoms with Crippen LogP contribution in [0.5, 0.6) is 0 Å². The van der Waals surface area contributed by atoms with Gasteiger partial charge in [-0.25, -0.2) is 0 Å². The minimum atomic E-state index is -0.562. The van der Waals surface area contributed by atoms with Gasteiger partial charge in [-0.05, 0) is 19.3 Å². The van der Waals surface area contributed by atoms with Gasteiger partial charge in [0.1, 0.15) is 0 Å². The molecule has 0 aromatic rings. The zero-order valence-electron chi connectivity index (χ0n) is 9.78. The second-order valence-corrected chi connectivity index (χ2v) is 4.48. The molecule has 1 aliphatic rings. The SMILES string of the molecule is CC(C(=O)NCCC1CCCC1)C(N)=NO. The van der Waals surface area contributed by atoms with Crippen LogP contribution in [0, 0.1) is 11.8 Å². The molecule has 1 atom stereocenters. The van der Waals surface area contributed by atoms with Gasteiger partial charge < -0.3 is 16.3 Å². The van der Waals surface area contributed by atoms with Gasteiger partial charge in [0, 0.05) is 6.54 Å². The van der Waals surface area contributed by atoms with E-state index in [4.69, 9.17) is 10.9 Å². The van der Waals surface area contributed by atoms with E-state index in [1.807, 2.05) is 0 Å². The van der Waals surface area contributed by atoms with Crippen molar-refractivity contribution in [1.29, 1.82) is 0 Å². The Morgan fingerprint density at radius 2 is 2.19 bits per heavy atom. The molecule has 0 spiro atoms. The lowest BCUT2D eigenvalue weighted by Crippen LogP contribution is -2.37. The first kappa shape index (κ1) is 12.8. The van der Waals surface area contributed by atoms with Gasteiger partial charge in [-0.1, -0.05) is 30.8 Å². The Hall–Kier alpha value is -1.26. The third-order valence-electron chi connectivity index (χ3n) is 3.28. The van der Waals surface area contributed by atoms with Crippen LogP contribution in [0.25, 0.3) is 0 Å². The summed E-state index contributed by atoms with van der Waals surface area (Å²) in [7, 11) is 0. The summed E-state index contributed by atoms with van der Waals surface area (Å²) in [6.07, 6.45) is 6.24. The van der Waals surface area contributed by atoms with E-state index in [0.717, 1.165) is 12.3 Å². The fourth-order valence-corrected chi connectivity index (χ4v) is 2.07. The quantitative estimate of drug-likeness (QED) is 0.284. The van der Waals surface area contributed by atoms with E-state index >= 15 is 0 Å². The summed E-state index contributed by atoms with van der Waals surface area (Å²) in [4.78, 5) is 11.5. The van der Waals surface area contributed by atoms with Crippen molar-refractivity contribution in [2.24, 2.45) is 22.7 Å². The van der Waals surface area contributed by atoms with E-state index in [1.165, 1.54) is 25.7 Å². The topological polar surface area (TPSA) is 87.7 Å². The highest BCUT2D eigenvalue weighted by atomic mass is 16.4. The zero-order chi connectivity index (χ0) is 12.0. The van der Waals surface area contributed by atoms with Crippen molar-refractivity contribution in [1.82, 2.24) is 5.32 Å². The Bertz CT molecular complexity index is 260. The maximum atomic E-state index is 11.5. The van der Waals surface area contributed by atoms with Gasteiger partial charge in [0.15, 0.2) is 5.84 Å². The third-order valence-corrected chi connectivity index (χ3v) is 3.28. The second-order valence-electron chi connectivity index (χ2n) is 4.48. The van der Waals surface area contributed by atoms with Gasteiger partial charge in [-0.3, -0.25) is 4.79 Å². The molecule has 0 aromatic carbocycles. The number of amidine groups is 1. The van der Waals surface area contributed by atoms with E-state index in [-0.39, 0.29) is 11.7 Å². The molecule has 1 aliphatic carbocycles. The number of carbonyl (C=O) groups excluding carboxylic acids is 1. The Balaban J connectivity index is 2.19. The van der Waals surface area contributed by atoms with E-state index in [0.29, 0.717) is 6.54 Å². The van der Waals surface area contributed by atoms with Crippen LogP contribution in [0.3, 0.4) is 0 Å². The fraction of sp³-hybridized carbons (Fsp3) is 0.818. The maximum absolute atomic E-state index is 11.5. The fourth-order valence-electron chi connectivity index (χ4n) is 2.07. The number of nitrogens with one attached hydrogen (secondary N) is 1. The summed E-state index contributed by atoms with van der Waals surface area (Å²) >= 11 is 0. The number of hydrogen-bond donors (Lipinski definition) is 3. The molecule has 1 unspecified atom stereocenters. The average Bonchev–Trinajstić information content (AvgIpc) is 2.79. The first-order valence-electron chi connectivity index (χ1n) is 5.90. The number of rotatable bonds is 5. The molecule has 92 valence electrons. The van der Waals surface area contributed by atoms with Crippen molar-refractivity contribution in [3.8, 4) is 0 Å². The molecule has 0 heterocycles. The van der Waals surface area contributed by atoms with Crippen LogP contribution in [0.2, 0.25) is 0 Å². The number of carbonyl (C=O) groups is 1. The normalized spacial score (nSPS) is 19.7. The van der Waals surface area contributed by atoms with Gasteiger partial charge in [-0.2, -0.15) is 0 Å². The highest BCUT2D eigenvalue weighted by Crippen LogP contribution is 2.26. The van der Waals surface area contributed by atoms with E-state index in [1.54, 1.807) is 6.92 Å². The molecule has 0 radical (unpaired) electrons. The highest BCUT2D eigenvalue weighted by Gasteiger charge is 2.18. The van der Waals surface area contributed by atoms with Crippen LogP contribution >= 0.6 is 0 Å². The highest BCUT2D eigenvalue weighted by molar-refractivity contribution is 6.01. The maximum Gasteiger partial charge on any atom is 0.230 e. The Morgan fingerprint density at radius 1 is 1.56 bits per heavy atom. The molecule has 1 fully saturated rings. The van der Waals surface area contributed by atoms with E-state index in [2.05, 4.69) is 10.5 Å². The molecule has 1 amide bonds. The van der Waals surface area contributed by atoms with Gasteiger partial charge in [0.25, 0.3) is 0 Å². The number of amides is 1. The number of hydrogen-bond acceptors (Lipinski definition) is 3. The largest absolute Gasteiger partial charge is 0.409 e. The van der Waals surface area contributed by atoms with Gasteiger partial charge >= 0.3 is 0 Å². The van der Waals surface area contributed by atoms with Crippen molar-refractivity contribution in [3.63, 3.8) is 0 Å². The predicted octanol–water partition coefficient (Wildman–Crippen LogP) is 1.07. The Morgan fingerprint density at radius 3 is 2.75 bits per heavy atom. The van der Waals surface area contributed by atoms with Crippen molar-refractivity contribution >= 4 is 11.7 Å². The second kappa shape index (κ2) is 6.35. The molecule has 1 saturated carbocycles. The number of nitrogens with two attached hydrogens (primary N) is 1. The van der Waals surface area contributed by atoms with Gasteiger partial charge in [0.2, 0.25) is 5.91 Å². The molecule has 0 aliphatic heterocycles. The van der Waals surface area contributed by atoms with Gasteiger partial charge in [-0.15, -0.1) is 0 Å². The Labute approximate surface area is 96.1 Å². The summed E-state index contributed by atoms with van der Waals surface area (Å²) in [6.45, 7) is 2.31. The van der Waals surface area contributed by atoms with Gasteiger partial charge in [0.05, 0.1) is 5.92 Å². The minimum absolute atomic E-state index is 0.0432. The lowest BCUT2D eigenvalue weighted by Gasteiger charge is -2.12. The smallest absolute Gasteiger partial charge is 0.230 e. The standard InChI is InChI=1S/C11H21N3O2/c1-8(10(12)14-16)11(15)13-7-6-9-4-2-3-5-9/h8-9,16H,2-7H2,1H3,(H2,12,14)(H,13,15). The van der Waals surface area contributed by atoms with Crippen LogP contribution in [0.1, 0.15) is 39.0 Å². The number of oxime groups is 1. The molecule has 5 nitrogen and oxygen atoms in total. The van der Waals surface area contributed by atoms with Crippen LogP contribution < -0.4 is 11.1 Å². The zero-order valence-corrected chi connectivity index (χ0v) is 9.78. The lowest BCUT2D eigenvalue weighted by atomic mass is 10.0. The van der Waals surface area contributed by atoms with Crippen molar-refractivity contribution in [2.75, 3.05) is 6.54 Å². The van der Waals surface area contributed by atoms with Crippen LogP contribution in [-0.4, -0.2) is 23.5 Å². The Kier molecular flexibility index (Phi) is 5.08. The molecule has 16 heavy (non-hydrogen) atoms. The number of nitrogens with zero attached hydrogens (tertiary/aromatic N) is 1. The molecule has 0 aromatic heterocycles. The van der Waals surface area contributed by atoms with Crippen LogP contribution in [0.15, 0.2) is 5.16 Å². The van der Waals surface area contributed by atoms with Crippen molar-refractivity contribution in [3.05, 3.63) is 0 Å². The van der Waals surface area contributed by atoms with Crippen LogP contribution in [0.4, 0.5) is 0 Å². The van der Waals surface area contributed by atoms with E-state index < -0.39 is 5.92 Å². The summed E-state index contributed by atoms with van der Waals surface area (Å²) in [6, 6.07) is 0.